The summed E-state index contributed by atoms with van der Waals surface area (Å²) in [5, 5.41) is 0. The number of amides is 1. The van der Waals surface area contributed by atoms with Crippen molar-refractivity contribution in [1.29, 1.82) is 0 Å². The fourth-order valence-corrected chi connectivity index (χ4v) is 3.88. The lowest BCUT2D eigenvalue weighted by molar-refractivity contribution is -0.155. The van der Waals surface area contributed by atoms with Gasteiger partial charge in [0.25, 0.3) is 0 Å². The lowest BCUT2D eigenvalue weighted by Crippen LogP contribution is -2.55. The summed E-state index contributed by atoms with van der Waals surface area (Å²) >= 11 is 0. The van der Waals surface area contributed by atoms with Crippen LogP contribution in [0.15, 0.2) is 43.0 Å². The third kappa shape index (κ3) is 5.27. The number of carbonyl (C=O) groups is 1. The molecule has 1 unspecified atom stereocenters. The van der Waals surface area contributed by atoms with Crippen molar-refractivity contribution in [1.82, 2.24) is 19.8 Å². The molecule has 0 saturated carbocycles. The maximum absolute atomic E-state index is 13.0. The number of hydrogen-bond acceptors (Lipinski definition) is 6. The van der Waals surface area contributed by atoms with Gasteiger partial charge in [0.15, 0.2) is 0 Å². The third-order valence-corrected chi connectivity index (χ3v) is 5.43. The molecule has 0 spiro atoms. The molecule has 3 heterocycles. The summed E-state index contributed by atoms with van der Waals surface area (Å²) in [6, 6.07) is 6.14. The number of hydrogen-bond donors (Lipinski definition) is 0. The smallest absolute Gasteiger partial charge is 0.248 e. The minimum atomic E-state index is -0.297. The van der Waals surface area contributed by atoms with E-state index >= 15 is 0 Å². The first kappa shape index (κ1) is 19.7. The van der Waals surface area contributed by atoms with E-state index in [9.17, 15) is 9.18 Å². The van der Waals surface area contributed by atoms with Gasteiger partial charge in [-0.25, -0.2) is 14.4 Å². The normalized spacial score (nSPS) is 21.3. The van der Waals surface area contributed by atoms with Crippen molar-refractivity contribution in [3.05, 3.63) is 54.4 Å². The molecule has 4 rings (SSSR count). The van der Waals surface area contributed by atoms with Crippen molar-refractivity contribution < 1.29 is 18.7 Å². The number of halogens is 1. The van der Waals surface area contributed by atoms with Crippen LogP contribution < -0.4 is 4.74 Å². The second-order valence-corrected chi connectivity index (χ2v) is 7.50. The van der Waals surface area contributed by atoms with Gasteiger partial charge < -0.3 is 14.4 Å². The average molecular weight is 400 g/mol. The van der Waals surface area contributed by atoms with Gasteiger partial charge in [-0.2, -0.15) is 0 Å². The van der Waals surface area contributed by atoms with E-state index in [0.717, 1.165) is 38.0 Å². The Morgan fingerprint density at radius 2 is 1.86 bits per heavy atom. The summed E-state index contributed by atoms with van der Waals surface area (Å²) in [5.41, 5.74) is 1.10. The minimum Gasteiger partial charge on any atom is -0.491 e. The fourth-order valence-electron chi connectivity index (χ4n) is 3.88. The molecule has 7 nitrogen and oxygen atoms in total. The molecule has 2 aromatic rings. The number of likely N-dealkylation sites (tertiary alicyclic amines) is 1. The topological polar surface area (TPSA) is 67.8 Å². The summed E-state index contributed by atoms with van der Waals surface area (Å²) in [6.45, 7) is 3.64. The first-order chi connectivity index (χ1) is 14.2. The molecule has 1 aromatic carbocycles. The van der Waals surface area contributed by atoms with Gasteiger partial charge in [0, 0.05) is 43.6 Å². The molecule has 1 atom stereocenters. The van der Waals surface area contributed by atoms with Crippen molar-refractivity contribution in [2.24, 2.45) is 0 Å². The van der Waals surface area contributed by atoms with Crippen LogP contribution >= 0.6 is 0 Å². The zero-order valence-electron chi connectivity index (χ0n) is 16.2. The number of carbonyl (C=O) groups excluding carboxylic acids is 1. The number of rotatable bonds is 6. The fraction of sp³-hybridized carbons (Fsp3) is 0.476. The highest BCUT2D eigenvalue weighted by Gasteiger charge is 2.33. The molecule has 0 radical (unpaired) electrons. The van der Waals surface area contributed by atoms with Crippen molar-refractivity contribution in [3.8, 4) is 5.75 Å². The van der Waals surface area contributed by atoms with E-state index in [2.05, 4.69) is 14.9 Å². The highest BCUT2D eigenvalue weighted by atomic mass is 19.1. The maximum atomic E-state index is 13.0. The van der Waals surface area contributed by atoms with Crippen LogP contribution in [0.25, 0.3) is 0 Å². The van der Waals surface area contributed by atoms with Crippen molar-refractivity contribution in [2.75, 3.05) is 32.8 Å². The molecule has 0 N–H and O–H groups in total. The Morgan fingerprint density at radius 1 is 1.14 bits per heavy atom. The second kappa shape index (κ2) is 9.28. The number of aromatic nitrogens is 2. The summed E-state index contributed by atoms with van der Waals surface area (Å²) in [6.07, 6.45) is 6.91. The lowest BCUT2D eigenvalue weighted by Gasteiger charge is -2.42. The quantitative estimate of drug-likeness (QED) is 0.738. The first-order valence-corrected chi connectivity index (χ1v) is 9.93. The van der Waals surface area contributed by atoms with Gasteiger partial charge in [-0.05, 0) is 37.1 Å². The molecular weight excluding hydrogens is 375 g/mol. The van der Waals surface area contributed by atoms with Crippen LogP contribution in [0.4, 0.5) is 4.39 Å². The van der Waals surface area contributed by atoms with E-state index in [4.69, 9.17) is 9.47 Å². The van der Waals surface area contributed by atoms with Crippen LogP contribution in [0.1, 0.15) is 18.4 Å². The molecule has 2 saturated heterocycles. The number of ether oxygens (including phenoxy) is 2. The molecular formula is C21H25FN4O3. The summed E-state index contributed by atoms with van der Waals surface area (Å²) in [5.74, 6) is 0.337. The largest absolute Gasteiger partial charge is 0.491 e. The van der Waals surface area contributed by atoms with Crippen LogP contribution in [0, 0.1) is 5.82 Å². The van der Waals surface area contributed by atoms with Crippen LogP contribution in [-0.2, 0) is 16.1 Å². The Balaban J connectivity index is 1.26. The predicted octanol–water partition coefficient (Wildman–Crippen LogP) is 1.89. The summed E-state index contributed by atoms with van der Waals surface area (Å²) in [4.78, 5) is 24.9. The zero-order chi connectivity index (χ0) is 20.1. The van der Waals surface area contributed by atoms with E-state index in [1.54, 1.807) is 12.1 Å². The van der Waals surface area contributed by atoms with Crippen molar-refractivity contribution >= 4 is 5.91 Å². The van der Waals surface area contributed by atoms with Crippen LogP contribution in [0.5, 0.6) is 5.75 Å². The van der Waals surface area contributed by atoms with Crippen molar-refractivity contribution in [2.45, 2.75) is 31.5 Å². The number of nitrogens with zero attached hydrogens (tertiary/aromatic N) is 4. The molecule has 8 heteroatoms. The summed E-state index contributed by atoms with van der Waals surface area (Å²) < 4.78 is 24.3. The Morgan fingerprint density at radius 3 is 2.59 bits per heavy atom. The van der Waals surface area contributed by atoms with E-state index in [-0.39, 0.29) is 30.5 Å². The first-order valence-electron chi connectivity index (χ1n) is 9.93. The predicted molar refractivity (Wildman–Crippen MR) is 104 cm³/mol. The van der Waals surface area contributed by atoms with Crippen LogP contribution in [-0.4, -0.2) is 70.7 Å². The molecule has 2 aliphatic heterocycles. The molecule has 154 valence electrons. The molecule has 29 heavy (non-hydrogen) atoms. The van der Waals surface area contributed by atoms with Gasteiger partial charge in [-0.3, -0.25) is 9.69 Å². The summed E-state index contributed by atoms with van der Waals surface area (Å²) in [7, 11) is 0. The molecule has 0 aliphatic carbocycles. The van der Waals surface area contributed by atoms with Gasteiger partial charge in [0.1, 0.15) is 37.2 Å². The van der Waals surface area contributed by atoms with Gasteiger partial charge in [0.2, 0.25) is 5.91 Å². The number of benzene rings is 1. The lowest BCUT2D eigenvalue weighted by atomic mass is 10.0. The van der Waals surface area contributed by atoms with Gasteiger partial charge in [0.05, 0.1) is 6.54 Å². The van der Waals surface area contributed by atoms with Gasteiger partial charge in [-0.1, -0.05) is 0 Å². The standard InChI is InChI=1S/C21H25FN4O3/c22-17-1-3-19(4-2-17)28-13-20-12-26(21(27)14-29-20)18-5-7-25(8-6-18)11-16-9-23-15-24-10-16/h1-4,9-10,15,18,20H,5-8,11-14H2. The maximum Gasteiger partial charge on any atom is 0.248 e. The molecule has 1 amide bonds. The minimum absolute atomic E-state index is 0.0398. The number of piperidine rings is 1. The Hall–Kier alpha value is -2.58. The Bertz CT molecular complexity index is 797. The zero-order valence-corrected chi connectivity index (χ0v) is 16.2. The molecule has 2 fully saturated rings. The Labute approximate surface area is 169 Å². The monoisotopic (exact) mass is 400 g/mol. The molecule has 1 aromatic heterocycles. The van der Waals surface area contributed by atoms with Gasteiger partial charge >= 0.3 is 0 Å². The third-order valence-electron chi connectivity index (χ3n) is 5.43. The molecule has 0 bridgehead atoms. The van der Waals surface area contributed by atoms with E-state index in [1.165, 1.54) is 18.5 Å². The SMILES string of the molecule is O=C1COC(COc2ccc(F)cc2)CN1C1CCN(Cc2cncnc2)CC1. The van der Waals surface area contributed by atoms with Crippen LogP contribution in [0.3, 0.4) is 0 Å². The highest BCUT2D eigenvalue weighted by molar-refractivity contribution is 5.78. The van der Waals surface area contributed by atoms with Crippen LogP contribution in [0.2, 0.25) is 0 Å². The average Bonchev–Trinajstić information content (AvgIpc) is 2.76. The highest BCUT2D eigenvalue weighted by Crippen LogP contribution is 2.22. The van der Waals surface area contributed by atoms with E-state index < -0.39 is 0 Å². The van der Waals surface area contributed by atoms with Crippen molar-refractivity contribution in [3.63, 3.8) is 0 Å². The van der Waals surface area contributed by atoms with E-state index in [1.807, 2.05) is 17.3 Å². The number of morpholine rings is 1. The Kier molecular flexibility index (Phi) is 6.31. The second-order valence-electron chi connectivity index (χ2n) is 7.50. The molecule has 2 aliphatic rings. The van der Waals surface area contributed by atoms with E-state index in [0.29, 0.717) is 18.9 Å². The van der Waals surface area contributed by atoms with Gasteiger partial charge in [-0.15, -0.1) is 0 Å².